The van der Waals surface area contributed by atoms with Crippen molar-refractivity contribution in [3.63, 3.8) is 0 Å². The van der Waals surface area contributed by atoms with E-state index in [0.29, 0.717) is 5.15 Å². The van der Waals surface area contributed by atoms with Crippen LogP contribution in [0.3, 0.4) is 0 Å². The van der Waals surface area contributed by atoms with Crippen molar-refractivity contribution in [1.82, 2.24) is 9.97 Å². The molecule has 23 heavy (non-hydrogen) atoms. The molecular weight excluding hydrogens is 310 g/mol. The summed E-state index contributed by atoms with van der Waals surface area (Å²) >= 11 is 5.82. The van der Waals surface area contributed by atoms with Crippen LogP contribution in [0.5, 0.6) is 0 Å². The topological polar surface area (TPSA) is 47.0 Å². The van der Waals surface area contributed by atoms with Crippen LogP contribution in [-0.2, 0) is 4.74 Å². The molecule has 1 N–H and O–H groups in total. The molecule has 2 heterocycles. The van der Waals surface area contributed by atoms with E-state index in [1.165, 1.54) is 5.56 Å². The number of pyridine rings is 2. The first kappa shape index (κ1) is 15.7. The van der Waals surface area contributed by atoms with Gasteiger partial charge in [-0.25, -0.2) is 9.97 Å². The van der Waals surface area contributed by atoms with Crippen molar-refractivity contribution in [2.75, 3.05) is 12.4 Å². The van der Waals surface area contributed by atoms with Gasteiger partial charge in [0, 0.05) is 18.7 Å². The molecule has 0 radical (unpaired) electrons. The maximum atomic E-state index is 5.82. The predicted molar refractivity (Wildman–Crippen MR) is 94.3 cm³/mol. The van der Waals surface area contributed by atoms with Crippen LogP contribution in [0.25, 0.3) is 10.8 Å². The molecule has 0 aliphatic heterocycles. The van der Waals surface area contributed by atoms with E-state index in [4.69, 9.17) is 16.3 Å². The van der Waals surface area contributed by atoms with Gasteiger partial charge >= 0.3 is 0 Å². The van der Waals surface area contributed by atoms with Gasteiger partial charge in [0.05, 0.1) is 18.0 Å². The van der Waals surface area contributed by atoms with Gasteiger partial charge in [0.2, 0.25) is 0 Å². The minimum atomic E-state index is 0.115. The SMILES string of the molecule is CC[C@H](OC)c1ccc2c(Nc3ccc(Cl)nc3)nccc2c1. The van der Waals surface area contributed by atoms with Crippen molar-refractivity contribution in [2.24, 2.45) is 0 Å². The Labute approximate surface area is 140 Å². The number of methoxy groups -OCH3 is 1. The first-order chi connectivity index (χ1) is 11.2. The number of ether oxygens (including phenoxy) is 1. The van der Waals surface area contributed by atoms with Gasteiger partial charge in [-0.15, -0.1) is 0 Å². The minimum Gasteiger partial charge on any atom is -0.377 e. The fraction of sp³-hybridized carbons (Fsp3) is 0.222. The molecule has 0 saturated carbocycles. The monoisotopic (exact) mass is 327 g/mol. The van der Waals surface area contributed by atoms with Crippen LogP contribution in [-0.4, -0.2) is 17.1 Å². The average Bonchev–Trinajstić information content (AvgIpc) is 2.58. The van der Waals surface area contributed by atoms with Crippen molar-refractivity contribution < 1.29 is 4.74 Å². The Kier molecular flexibility index (Phi) is 4.74. The summed E-state index contributed by atoms with van der Waals surface area (Å²) in [5.41, 5.74) is 2.02. The summed E-state index contributed by atoms with van der Waals surface area (Å²) < 4.78 is 5.52. The van der Waals surface area contributed by atoms with Crippen LogP contribution in [0.2, 0.25) is 5.15 Å². The zero-order chi connectivity index (χ0) is 16.2. The van der Waals surface area contributed by atoms with E-state index < -0.39 is 0 Å². The Morgan fingerprint density at radius 3 is 2.74 bits per heavy atom. The first-order valence-electron chi connectivity index (χ1n) is 7.51. The summed E-state index contributed by atoms with van der Waals surface area (Å²) in [4.78, 5) is 8.51. The molecule has 5 heteroatoms. The molecule has 4 nitrogen and oxygen atoms in total. The maximum absolute atomic E-state index is 5.82. The number of fused-ring (bicyclic) bond motifs is 1. The number of rotatable bonds is 5. The van der Waals surface area contributed by atoms with Gasteiger partial charge in [0.25, 0.3) is 0 Å². The second-order valence-electron chi connectivity index (χ2n) is 5.27. The minimum absolute atomic E-state index is 0.115. The molecule has 0 spiro atoms. The van der Waals surface area contributed by atoms with E-state index in [9.17, 15) is 0 Å². The second kappa shape index (κ2) is 6.94. The molecule has 118 valence electrons. The molecule has 3 aromatic rings. The number of hydrogen-bond acceptors (Lipinski definition) is 4. The third-order valence-corrected chi connectivity index (χ3v) is 4.03. The second-order valence-corrected chi connectivity index (χ2v) is 5.65. The van der Waals surface area contributed by atoms with Crippen LogP contribution in [0.1, 0.15) is 25.0 Å². The summed E-state index contributed by atoms with van der Waals surface area (Å²) in [5, 5.41) is 5.93. The Morgan fingerprint density at radius 2 is 2.04 bits per heavy atom. The van der Waals surface area contributed by atoms with Crippen molar-refractivity contribution in [1.29, 1.82) is 0 Å². The lowest BCUT2D eigenvalue weighted by Gasteiger charge is -2.15. The number of nitrogens with one attached hydrogen (secondary N) is 1. The average molecular weight is 328 g/mol. The van der Waals surface area contributed by atoms with Gasteiger partial charge in [-0.3, -0.25) is 0 Å². The van der Waals surface area contributed by atoms with Crippen LogP contribution >= 0.6 is 11.6 Å². The molecular formula is C18H18ClN3O. The van der Waals surface area contributed by atoms with Crippen molar-refractivity contribution in [2.45, 2.75) is 19.4 Å². The van der Waals surface area contributed by atoms with E-state index in [-0.39, 0.29) is 6.10 Å². The number of nitrogens with zero attached hydrogens (tertiary/aromatic N) is 2. The lowest BCUT2D eigenvalue weighted by atomic mass is 10.0. The molecule has 2 aromatic heterocycles. The number of benzene rings is 1. The summed E-state index contributed by atoms with van der Waals surface area (Å²) in [5.74, 6) is 0.795. The number of aromatic nitrogens is 2. The molecule has 0 amide bonds. The first-order valence-corrected chi connectivity index (χ1v) is 7.89. The van der Waals surface area contributed by atoms with Gasteiger partial charge in [-0.1, -0.05) is 30.7 Å². The number of anilines is 2. The van der Waals surface area contributed by atoms with Crippen LogP contribution < -0.4 is 5.32 Å². The largest absolute Gasteiger partial charge is 0.377 e. The molecule has 1 aromatic carbocycles. The van der Waals surface area contributed by atoms with Gasteiger partial charge in [-0.2, -0.15) is 0 Å². The van der Waals surface area contributed by atoms with Crippen LogP contribution in [0.4, 0.5) is 11.5 Å². The van der Waals surface area contributed by atoms with Crippen molar-refractivity contribution in [3.8, 4) is 0 Å². The molecule has 1 atom stereocenters. The fourth-order valence-corrected chi connectivity index (χ4v) is 2.73. The molecule has 0 saturated heterocycles. The van der Waals surface area contributed by atoms with Gasteiger partial charge < -0.3 is 10.1 Å². The Balaban J connectivity index is 1.97. The quantitative estimate of drug-likeness (QED) is 0.660. The molecule has 3 rings (SSSR count). The lowest BCUT2D eigenvalue weighted by Crippen LogP contribution is -2.00. The van der Waals surface area contributed by atoms with Crippen molar-refractivity contribution >= 4 is 33.9 Å². The van der Waals surface area contributed by atoms with Crippen molar-refractivity contribution in [3.05, 3.63) is 59.5 Å². The van der Waals surface area contributed by atoms with E-state index >= 15 is 0 Å². The third kappa shape index (κ3) is 3.44. The van der Waals surface area contributed by atoms with Gasteiger partial charge in [0.1, 0.15) is 11.0 Å². The Bertz CT molecular complexity index is 801. The fourth-order valence-electron chi connectivity index (χ4n) is 2.62. The third-order valence-electron chi connectivity index (χ3n) is 3.81. The predicted octanol–water partition coefficient (Wildman–Crippen LogP) is 5.12. The molecule has 0 fully saturated rings. The van der Waals surface area contributed by atoms with E-state index in [1.54, 1.807) is 25.6 Å². The van der Waals surface area contributed by atoms with Crippen LogP contribution in [0, 0.1) is 0 Å². The normalized spacial score (nSPS) is 12.3. The summed E-state index contributed by atoms with van der Waals surface area (Å²) in [6.07, 6.45) is 4.54. The summed E-state index contributed by atoms with van der Waals surface area (Å²) in [6.45, 7) is 2.12. The highest BCUT2D eigenvalue weighted by molar-refractivity contribution is 6.29. The van der Waals surface area contributed by atoms with Gasteiger partial charge in [0.15, 0.2) is 0 Å². The zero-order valence-electron chi connectivity index (χ0n) is 13.1. The molecule has 0 bridgehead atoms. The maximum Gasteiger partial charge on any atom is 0.138 e. The lowest BCUT2D eigenvalue weighted by molar-refractivity contribution is 0.100. The number of hydrogen-bond donors (Lipinski definition) is 1. The number of halogens is 1. The van der Waals surface area contributed by atoms with Crippen LogP contribution in [0.15, 0.2) is 48.8 Å². The molecule has 0 aliphatic carbocycles. The Morgan fingerprint density at radius 1 is 1.17 bits per heavy atom. The highest BCUT2D eigenvalue weighted by Gasteiger charge is 2.10. The highest BCUT2D eigenvalue weighted by atomic mass is 35.5. The standard InChI is InChI=1S/C18H18ClN3O/c1-3-16(23-2)13-4-6-15-12(10-13)8-9-20-18(15)22-14-5-7-17(19)21-11-14/h4-11,16H,3H2,1-2H3,(H,20,22)/t16-/m0/s1. The van der Waals surface area contributed by atoms with E-state index in [2.05, 4.69) is 40.4 Å². The smallest absolute Gasteiger partial charge is 0.138 e. The Hall–Kier alpha value is -2.17. The molecule has 0 unspecified atom stereocenters. The zero-order valence-corrected chi connectivity index (χ0v) is 13.8. The van der Waals surface area contributed by atoms with E-state index in [1.807, 2.05) is 12.1 Å². The van der Waals surface area contributed by atoms with E-state index in [0.717, 1.165) is 28.7 Å². The summed E-state index contributed by atoms with van der Waals surface area (Å²) in [6, 6.07) is 11.9. The van der Waals surface area contributed by atoms with Gasteiger partial charge in [-0.05, 0) is 41.6 Å². The molecule has 0 aliphatic rings. The summed E-state index contributed by atoms with van der Waals surface area (Å²) in [7, 11) is 1.74. The highest BCUT2D eigenvalue weighted by Crippen LogP contribution is 2.28.